The smallest absolute Gasteiger partial charge is 0.278 e. The zero-order chi connectivity index (χ0) is 16.0. The summed E-state index contributed by atoms with van der Waals surface area (Å²) in [6.45, 7) is 2.66. The fourth-order valence-corrected chi connectivity index (χ4v) is 2.73. The number of amides is 1. The third-order valence-corrected chi connectivity index (χ3v) is 4.25. The molecule has 10 heteroatoms. The molecule has 1 saturated heterocycles. The summed E-state index contributed by atoms with van der Waals surface area (Å²) in [5.41, 5.74) is 0.321. The van der Waals surface area contributed by atoms with Crippen LogP contribution in [-0.4, -0.2) is 81.6 Å². The van der Waals surface area contributed by atoms with Gasteiger partial charge in [0.05, 0.1) is 6.26 Å². The molecule has 0 saturated carbocycles. The number of hydrogen-bond acceptors (Lipinski definition) is 7. The second kappa shape index (κ2) is 7.36. The highest BCUT2D eigenvalue weighted by Gasteiger charge is 2.29. The van der Waals surface area contributed by atoms with Crippen molar-refractivity contribution in [2.75, 3.05) is 46.7 Å². The van der Waals surface area contributed by atoms with Gasteiger partial charge in [0.25, 0.3) is 5.91 Å². The minimum Gasteiger partial charge on any atom is -0.399 e. The van der Waals surface area contributed by atoms with Crippen molar-refractivity contribution in [1.29, 1.82) is 0 Å². The van der Waals surface area contributed by atoms with Crippen LogP contribution < -0.4 is 0 Å². The fraction of sp³-hybridized carbons (Fsp3) is 0.727. The molecule has 1 heterocycles. The third-order valence-electron chi connectivity index (χ3n) is 2.95. The highest BCUT2D eigenvalue weighted by Crippen LogP contribution is 2.07. The van der Waals surface area contributed by atoms with Gasteiger partial charge in [-0.25, -0.2) is 8.42 Å². The molecule has 0 bridgehead atoms. The maximum Gasteiger partial charge on any atom is 0.278 e. The first kappa shape index (κ1) is 17.4. The van der Waals surface area contributed by atoms with Gasteiger partial charge in [0.2, 0.25) is 10.0 Å². The van der Waals surface area contributed by atoms with Crippen LogP contribution in [0.5, 0.6) is 0 Å². The lowest BCUT2D eigenvalue weighted by Crippen LogP contribution is -2.52. The number of oxime groups is 2. The van der Waals surface area contributed by atoms with Crippen molar-refractivity contribution in [2.45, 2.75) is 6.92 Å². The van der Waals surface area contributed by atoms with Crippen LogP contribution in [0.25, 0.3) is 0 Å². The number of carbonyl (C=O) groups excluding carboxylic acids is 1. The first-order chi connectivity index (χ1) is 9.81. The van der Waals surface area contributed by atoms with Crippen molar-refractivity contribution in [3.8, 4) is 0 Å². The summed E-state index contributed by atoms with van der Waals surface area (Å²) in [5.74, 6) is -0.372. The Labute approximate surface area is 124 Å². The van der Waals surface area contributed by atoms with E-state index in [1.54, 1.807) is 6.92 Å². The lowest BCUT2D eigenvalue weighted by atomic mass is 10.2. The summed E-state index contributed by atoms with van der Waals surface area (Å²) in [6, 6.07) is 0. The molecule has 0 spiro atoms. The zero-order valence-corrected chi connectivity index (χ0v) is 13.4. The molecule has 1 rings (SSSR count). The molecule has 0 aromatic rings. The van der Waals surface area contributed by atoms with Crippen molar-refractivity contribution in [3.05, 3.63) is 0 Å². The van der Waals surface area contributed by atoms with Gasteiger partial charge < -0.3 is 14.6 Å². The van der Waals surface area contributed by atoms with E-state index in [2.05, 4.69) is 20.0 Å². The van der Waals surface area contributed by atoms with E-state index in [9.17, 15) is 13.2 Å². The van der Waals surface area contributed by atoms with Crippen LogP contribution >= 0.6 is 0 Å². The predicted molar refractivity (Wildman–Crippen MR) is 77.6 cm³/mol. The second-order valence-electron chi connectivity index (χ2n) is 4.44. The molecule has 120 valence electrons. The Bertz CT molecular complexity index is 535. The highest BCUT2D eigenvalue weighted by atomic mass is 32.2. The van der Waals surface area contributed by atoms with Crippen LogP contribution in [0.4, 0.5) is 0 Å². The maximum atomic E-state index is 12.4. The Morgan fingerprint density at radius 1 is 1.05 bits per heavy atom. The molecule has 1 fully saturated rings. The van der Waals surface area contributed by atoms with E-state index < -0.39 is 10.0 Å². The molecule has 1 aliphatic heterocycles. The van der Waals surface area contributed by atoms with Gasteiger partial charge in [-0.1, -0.05) is 10.3 Å². The van der Waals surface area contributed by atoms with Gasteiger partial charge in [0.15, 0.2) is 5.71 Å². The summed E-state index contributed by atoms with van der Waals surface area (Å²) in [7, 11) is -0.541. The SMILES string of the molecule is CON=C(C)C(=NOC)C(=O)N1CCN(S(C)(=O)=O)CC1. The molecular weight excluding hydrogens is 300 g/mol. The number of piperazine rings is 1. The standard InChI is InChI=1S/C11H20N4O5S/c1-9(12-19-2)10(13-20-3)11(16)14-5-7-15(8-6-14)21(4,17)18/h5-8H2,1-4H3. The van der Waals surface area contributed by atoms with Gasteiger partial charge >= 0.3 is 0 Å². The average Bonchev–Trinajstić information content (AvgIpc) is 2.43. The Morgan fingerprint density at radius 2 is 1.57 bits per heavy atom. The molecular formula is C11H20N4O5S. The molecule has 0 atom stereocenters. The Balaban J connectivity index is 2.80. The number of rotatable bonds is 5. The summed E-state index contributed by atoms with van der Waals surface area (Å²) in [5, 5.41) is 7.33. The van der Waals surface area contributed by atoms with Gasteiger partial charge in [-0.15, -0.1) is 0 Å². The first-order valence-electron chi connectivity index (χ1n) is 6.25. The molecule has 0 aromatic carbocycles. The van der Waals surface area contributed by atoms with Gasteiger partial charge in [0.1, 0.15) is 19.9 Å². The van der Waals surface area contributed by atoms with Crippen molar-refractivity contribution < 1.29 is 22.9 Å². The third kappa shape index (κ3) is 4.67. The molecule has 0 N–H and O–H groups in total. The highest BCUT2D eigenvalue weighted by molar-refractivity contribution is 7.88. The Kier molecular flexibility index (Phi) is 6.09. The van der Waals surface area contributed by atoms with Crippen LogP contribution in [0, 0.1) is 0 Å². The summed E-state index contributed by atoms with van der Waals surface area (Å²) < 4.78 is 24.2. The molecule has 0 aromatic heterocycles. The van der Waals surface area contributed by atoms with Crippen molar-refractivity contribution in [1.82, 2.24) is 9.21 Å². The lowest BCUT2D eigenvalue weighted by molar-refractivity contribution is -0.125. The first-order valence-corrected chi connectivity index (χ1v) is 8.09. The number of nitrogens with zero attached hydrogens (tertiary/aromatic N) is 4. The molecule has 1 aliphatic rings. The summed E-state index contributed by atoms with van der Waals surface area (Å²) in [6.07, 6.45) is 1.15. The quantitative estimate of drug-likeness (QED) is 0.483. The fourth-order valence-electron chi connectivity index (χ4n) is 1.90. The topological polar surface area (TPSA) is 101 Å². The minimum atomic E-state index is -3.23. The Morgan fingerprint density at radius 3 is 2.00 bits per heavy atom. The van der Waals surface area contributed by atoms with E-state index in [1.165, 1.54) is 23.4 Å². The second-order valence-corrected chi connectivity index (χ2v) is 6.42. The van der Waals surface area contributed by atoms with Crippen LogP contribution in [0.3, 0.4) is 0 Å². The monoisotopic (exact) mass is 320 g/mol. The van der Waals surface area contributed by atoms with Gasteiger partial charge in [-0.2, -0.15) is 4.31 Å². The van der Waals surface area contributed by atoms with Gasteiger partial charge in [0, 0.05) is 26.2 Å². The molecule has 9 nitrogen and oxygen atoms in total. The van der Waals surface area contributed by atoms with Gasteiger partial charge in [-0.3, -0.25) is 4.79 Å². The van der Waals surface area contributed by atoms with E-state index >= 15 is 0 Å². The van der Waals surface area contributed by atoms with Crippen LogP contribution in [0.1, 0.15) is 6.92 Å². The van der Waals surface area contributed by atoms with E-state index in [0.29, 0.717) is 0 Å². The largest absolute Gasteiger partial charge is 0.399 e. The van der Waals surface area contributed by atoms with E-state index in [0.717, 1.165) is 6.26 Å². The van der Waals surface area contributed by atoms with E-state index in [4.69, 9.17) is 0 Å². The average molecular weight is 320 g/mol. The number of sulfonamides is 1. The number of carbonyl (C=O) groups is 1. The summed E-state index contributed by atoms with van der Waals surface area (Å²) in [4.78, 5) is 23.2. The van der Waals surface area contributed by atoms with Crippen LogP contribution in [0.15, 0.2) is 10.3 Å². The normalized spacial score (nSPS) is 18.6. The van der Waals surface area contributed by atoms with Gasteiger partial charge in [-0.05, 0) is 6.92 Å². The molecule has 0 radical (unpaired) electrons. The zero-order valence-electron chi connectivity index (χ0n) is 12.6. The molecule has 21 heavy (non-hydrogen) atoms. The molecule has 1 amide bonds. The number of hydrogen-bond donors (Lipinski definition) is 0. The molecule has 0 aliphatic carbocycles. The van der Waals surface area contributed by atoms with Crippen molar-refractivity contribution in [3.63, 3.8) is 0 Å². The van der Waals surface area contributed by atoms with Crippen LogP contribution in [0.2, 0.25) is 0 Å². The minimum absolute atomic E-state index is 0.0344. The van der Waals surface area contributed by atoms with E-state index in [1.807, 2.05) is 0 Å². The van der Waals surface area contributed by atoms with E-state index in [-0.39, 0.29) is 43.5 Å². The lowest BCUT2D eigenvalue weighted by Gasteiger charge is -2.33. The van der Waals surface area contributed by atoms with Crippen LogP contribution in [-0.2, 0) is 24.5 Å². The van der Waals surface area contributed by atoms with Crippen molar-refractivity contribution in [2.24, 2.45) is 10.3 Å². The van der Waals surface area contributed by atoms with Crippen molar-refractivity contribution >= 4 is 27.4 Å². The predicted octanol–water partition coefficient (Wildman–Crippen LogP) is -0.885. The molecule has 0 unspecified atom stereocenters. The maximum absolute atomic E-state index is 12.4. The summed E-state index contributed by atoms with van der Waals surface area (Å²) >= 11 is 0. The Hall–Kier alpha value is -1.68.